The number of likely N-dealkylation sites (N-methyl/N-ethyl adjacent to an activating group) is 1. The van der Waals surface area contributed by atoms with Gasteiger partial charge in [0.05, 0.1) is 11.7 Å². The second-order valence-electron chi connectivity index (χ2n) is 5.03. The van der Waals surface area contributed by atoms with Gasteiger partial charge >= 0.3 is 0 Å². The molecule has 2 N–H and O–H groups in total. The molecule has 1 atom stereocenters. The van der Waals surface area contributed by atoms with Crippen LogP contribution < -0.4 is 5.32 Å². The Balaban J connectivity index is 2.00. The lowest BCUT2D eigenvalue weighted by atomic mass is 10.1. The molecule has 0 spiro atoms. The molecule has 0 saturated carbocycles. The van der Waals surface area contributed by atoms with Crippen molar-refractivity contribution in [1.29, 1.82) is 0 Å². The Labute approximate surface area is 119 Å². The van der Waals surface area contributed by atoms with Crippen molar-refractivity contribution < 1.29 is 4.79 Å². The molecule has 0 aliphatic carbocycles. The van der Waals surface area contributed by atoms with Gasteiger partial charge in [0.2, 0.25) is 0 Å². The molecule has 20 heavy (non-hydrogen) atoms. The van der Waals surface area contributed by atoms with Gasteiger partial charge in [-0.15, -0.1) is 0 Å². The summed E-state index contributed by atoms with van der Waals surface area (Å²) < 4.78 is 0. The average Bonchev–Trinajstić information content (AvgIpc) is 2.91. The number of rotatable bonds is 6. The van der Waals surface area contributed by atoms with Gasteiger partial charge in [0.25, 0.3) is 5.91 Å². The maximum absolute atomic E-state index is 12.2. The van der Waals surface area contributed by atoms with Gasteiger partial charge in [-0.05, 0) is 32.1 Å². The molecule has 1 aromatic heterocycles. The fourth-order valence-electron chi connectivity index (χ4n) is 2.30. The van der Waals surface area contributed by atoms with E-state index < -0.39 is 0 Å². The zero-order valence-electron chi connectivity index (χ0n) is 12.3. The highest BCUT2D eigenvalue weighted by atomic mass is 16.1. The Morgan fingerprint density at radius 2 is 2.15 bits per heavy atom. The number of fused-ring (bicyclic) bond motifs is 1. The topological polar surface area (TPSA) is 61.0 Å². The van der Waals surface area contributed by atoms with Gasteiger partial charge in [0.15, 0.2) is 0 Å². The minimum Gasteiger partial charge on any atom is -0.348 e. The van der Waals surface area contributed by atoms with Gasteiger partial charge in [-0.2, -0.15) is 5.10 Å². The first kappa shape index (κ1) is 14.5. The lowest BCUT2D eigenvalue weighted by molar-refractivity contribution is 0.0930. The molecule has 0 aliphatic rings. The normalized spacial score (nSPS) is 12.8. The molecule has 1 heterocycles. The van der Waals surface area contributed by atoms with E-state index in [2.05, 4.69) is 34.3 Å². The molecule has 5 heteroatoms. The zero-order valence-corrected chi connectivity index (χ0v) is 12.3. The van der Waals surface area contributed by atoms with E-state index in [0.29, 0.717) is 5.56 Å². The summed E-state index contributed by atoms with van der Waals surface area (Å²) in [5, 5.41) is 10.9. The Kier molecular flexibility index (Phi) is 4.74. The molecule has 5 nitrogen and oxygen atoms in total. The predicted molar refractivity (Wildman–Crippen MR) is 80.8 cm³/mol. The molecule has 1 amide bonds. The van der Waals surface area contributed by atoms with Gasteiger partial charge in [0, 0.05) is 23.5 Å². The van der Waals surface area contributed by atoms with Crippen LogP contribution in [-0.4, -0.2) is 46.7 Å². The van der Waals surface area contributed by atoms with Crippen LogP contribution in [0.1, 0.15) is 31.1 Å². The van der Waals surface area contributed by atoms with Crippen molar-refractivity contribution in [3.8, 4) is 0 Å². The van der Waals surface area contributed by atoms with Crippen molar-refractivity contribution in [3.05, 3.63) is 30.0 Å². The zero-order chi connectivity index (χ0) is 14.5. The van der Waals surface area contributed by atoms with Crippen LogP contribution in [0.15, 0.2) is 24.4 Å². The summed E-state index contributed by atoms with van der Waals surface area (Å²) in [5.74, 6) is -0.0406. The van der Waals surface area contributed by atoms with E-state index in [1.54, 1.807) is 6.20 Å². The van der Waals surface area contributed by atoms with Crippen molar-refractivity contribution in [2.75, 3.05) is 19.6 Å². The molecule has 1 unspecified atom stereocenters. The van der Waals surface area contributed by atoms with Crippen molar-refractivity contribution in [2.24, 2.45) is 0 Å². The summed E-state index contributed by atoms with van der Waals surface area (Å²) in [7, 11) is 0. The third-order valence-electron chi connectivity index (χ3n) is 3.51. The predicted octanol–water partition coefficient (Wildman–Crippen LogP) is 2.02. The first-order valence-electron chi connectivity index (χ1n) is 7.10. The number of amides is 1. The first-order valence-corrected chi connectivity index (χ1v) is 7.10. The Morgan fingerprint density at radius 1 is 1.40 bits per heavy atom. The molecule has 0 bridgehead atoms. The molecule has 0 saturated heterocycles. The van der Waals surface area contributed by atoms with Gasteiger partial charge in [-0.25, -0.2) is 0 Å². The summed E-state index contributed by atoms with van der Waals surface area (Å²) >= 11 is 0. The second kappa shape index (κ2) is 6.52. The van der Waals surface area contributed by atoms with Crippen LogP contribution in [0.2, 0.25) is 0 Å². The highest BCUT2D eigenvalue weighted by Gasteiger charge is 2.12. The summed E-state index contributed by atoms with van der Waals surface area (Å²) in [6.45, 7) is 9.15. The maximum Gasteiger partial charge on any atom is 0.251 e. The Morgan fingerprint density at radius 3 is 2.85 bits per heavy atom. The van der Waals surface area contributed by atoms with Gasteiger partial charge in [-0.3, -0.25) is 9.89 Å². The van der Waals surface area contributed by atoms with Crippen LogP contribution >= 0.6 is 0 Å². The molecule has 0 fully saturated rings. The first-order chi connectivity index (χ1) is 9.63. The number of H-pyrrole nitrogens is 1. The Hall–Kier alpha value is -1.88. The highest BCUT2D eigenvalue weighted by Crippen LogP contribution is 2.12. The van der Waals surface area contributed by atoms with Crippen molar-refractivity contribution in [2.45, 2.75) is 26.8 Å². The van der Waals surface area contributed by atoms with Crippen molar-refractivity contribution in [1.82, 2.24) is 20.4 Å². The van der Waals surface area contributed by atoms with E-state index in [1.807, 2.05) is 25.1 Å². The van der Waals surface area contributed by atoms with Crippen LogP contribution in [0.4, 0.5) is 0 Å². The molecule has 2 rings (SSSR count). The molecule has 1 aromatic carbocycles. The number of carbonyl (C=O) groups is 1. The number of hydrogen-bond donors (Lipinski definition) is 2. The second-order valence-corrected chi connectivity index (χ2v) is 5.03. The lowest BCUT2D eigenvalue weighted by Gasteiger charge is -2.23. The summed E-state index contributed by atoms with van der Waals surface area (Å²) in [6.07, 6.45) is 1.75. The third-order valence-corrected chi connectivity index (χ3v) is 3.51. The fraction of sp³-hybridized carbons (Fsp3) is 0.467. The van der Waals surface area contributed by atoms with E-state index >= 15 is 0 Å². The minimum absolute atomic E-state index is 0.0406. The lowest BCUT2D eigenvalue weighted by Crippen LogP contribution is -2.41. The monoisotopic (exact) mass is 274 g/mol. The average molecular weight is 274 g/mol. The molecule has 0 radical (unpaired) electrons. The number of aromatic amines is 1. The van der Waals surface area contributed by atoms with Crippen molar-refractivity contribution in [3.63, 3.8) is 0 Å². The van der Waals surface area contributed by atoms with E-state index in [-0.39, 0.29) is 11.9 Å². The van der Waals surface area contributed by atoms with E-state index in [0.717, 1.165) is 30.5 Å². The minimum atomic E-state index is -0.0406. The van der Waals surface area contributed by atoms with Crippen LogP contribution in [0.25, 0.3) is 10.9 Å². The number of hydrogen-bond acceptors (Lipinski definition) is 3. The van der Waals surface area contributed by atoms with Gasteiger partial charge in [-0.1, -0.05) is 19.9 Å². The van der Waals surface area contributed by atoms with Gasteiger partial charge < -0.3 is 10.2 Å². The maximum atomic E-state index is 12.2. The number of nitrogens with one attached hydrogen (secondary N) is 2. The number of nitrogens with zero attached hydrogens (tertiary/aromatic N) is 2. The third kappa shape index (κ3) is 3.36. The van der Waals surface area contributed by atoms with Crippen molar-refractivity contribution >= 4 is 16.8 Å². The molecular weight excluding hydrogens is 252 g/mol. The van der Waals surface area contributed by atoms with Crippen LogP contribution in [0.3, 0.4) is 0 Å². The molecule has 108 valence electrons. The molecular formula is C15H22N4O. The van der Waals surface area contributed by atoms with Crippen LogP contribution in [0, 0.1) is 0 Å². The number of benzene rings is 1. The number of carbonyl (C=O) groups excluding carboxylic acids is 1. The molecule has 0 aliphatic heterocycles. The summed E-state index contributed by atoms with van der Waals surface area (Å²) in [6, 6.07) is 5.70. The summed E-state index contributed by atoms with van der Waals surface area (Å²) in [4.78, 5) is 14.5. The smallest absolute Gasteiger partial charge is 0.251 e. The Bertz CT molecular complexity index is 574. The SMILES string of the molecule is CCN(CC)CC(C)NC(=O)c1ccc2cn[nH]c2c1. The van der Waals surface area contributed by atoms with E-state index in [1.165, 1.54) is 0 Å². The quantitative estimate of drug-likeness (QED) is 0.847. The fourth-order valence-corrected chi connectivity index (χ4v) is 2.30. The summed E-state index contributed by atoms with van der Waals surface area (Å²) in [5.41, 5.74) is 1.54. The van der Waals surface area contributed by atoms with Crippen LogP contribution in [0.5, 0.6) is 0 Å². The number of aromatic nitrogens is 2. The van der Waals surface area contributed by atoms with Gasteiger partial charge in [0.1, 0.15) is 0 Å². The van der Waals surface area contributed by atoms with E-state index in [9.17, 15) is 4.79 Å². The highest BCUT2D eigenvalue weighted by molar-refractivity contribution is 5.97. The molecule has 2 aromatic rings. The standard InChI is InChI=1S/C15H22N4O/c1-4-19(5-2)10-11(3)17-15(20)12-6-7-13-9-16-18-14(13)8-12/h6-9,11H,4-5,10H2,1-3H3,(H,16,18)(H,17,20). The largest absolute Gasteiger partial charge is 0.348 e. The van der Waals surface area contributed by atoms with E-state index in [4.69, 9.17) is 0 Å². The van der Waals surface area contributed by atoms with Crippen LogP contribution in [-0.2, 0) is 0 Å².